The second-order valence-corrected chi connectivity index (χ2v) is 6.86. The summed E-state index contributed by atoms with van der Waals surface area (Å²) >= 11 is 0. The Hall–Kier alpha value is -2.69. The number of carbonyl (C=O) groups is 1. The van der Waals surface area contributed by atoms with Gasteiger partial charge in [0.1, 0.15) is 5.75 Å². The van der Waals surface area contributed by atoms with Gasteiger partial charge in [0.15, 0.2) is 11.5 Å². The van der Waals surface area contributed by atoms with Crippen LogP contribution in [-0.4, -0.2) is 45.2 Å². The maximum absolute atomic E-state index is 12.7. The van der Waals surface area contributed by atoms with Crippen molar-refractivity contribution in [2.24, 2.45) is 5.92 Å². The number of ether oxygens (including phenoxy) is 3. The van der Waals surface area contributed by atoms with Gasteiger partial charge in [-0.25, -0.2) is 0 Å². The third-order valence-electron chi connectivity index (χ3n) is 5.19. The molecule has 5 nitrogen and oxygen atoms in total. The molecule has 0 aliphatic carbocycles. The van der Waals surface area contributed by atoms with Crippen molar-refractivity contribution in [3.8, 4) is 17.2 Å². The predicted molar refractivity (Wildman–Crippen MR) is 105 cm³/mol. The van der Waals surface area contributed by atoms with E-state index in [-0.39, 0.29) is 5.91 Å². The van der Waals surface area contributed by atoms with E-state index in [0.29, 0.717) is 17.2 Å². The highest BCUT2D eigenvalue weighted by Crippen LogP contribution is 2.30. The fourth-order valence-corrected chi connectivity index (χ4v) is 3.62. The van der Waals surface area contributed by atoms with Crippen molar-refractivity contribution < 1.29 is 19.0 Å². The minimum absolute atomic E-state index is 0.0819. The van der Waals surface area contributed by atoms with Crippen LogP contribution in [0.15, 0.2) is 42.5 Å². The normalized spacial score (nSPS) is 14.7. The number of likely N-dealkylation sites (tertiary alicyclic amines) is 1. The van der Waals surface area contributed by atoms with E-state index in [1.165, 1.54) is 5.56 Å². The Morgan fingerprint density at radius 3 is 2.37 bits per heavy atom. The summed E-state index contributed by atoms with van der Waals surface area (Å²) in [5, 5.41) is 0. The van der Waals surface area contributed by atoms with E-state index < -0.39 is 0 Å². The van der Waals surface area contributed by atoms with Crippen LogP contribution in [0.3, 0.4) is 0 Å². The third-order valence-corrected chi connectivity index (χ3v) is 5.19. The SMILES string of the molecule is COc1cccc(C(=O)N2CCC(Cc3ccc(OC)c(OC)c3)CC2)c1. The summed E-state index contributed by atoms with van der Waals surface area (Å²) < 4.78 is 15.9. The molecule has 2 aromatic carbocycles. The predicted octanol–water partition coefficient (Wildman–Crippen LogP) is 3.81. The molecule has 0 spiro atoms. The zero-order valence-corrected chi connectivity index (χ0v) is 16.2. The van der Waals surface area contributed by atoms with E-state index in [9.17, 15) is 4.79 Å². The number of amides is 1. The summed E-state index contributed by atoms with van der Waals surface area (Å²) in [5.41, 5.74) is 1.93. The molecule has 0 atom stereocenters. The molecule has 144 valence electrons. The summed E-state index contributed by atoms with van der Waals surface area (Å²) in [5.74, 6) is 2.88. The number of piperidine rings is 1. The Bertz CT molecular complexity index is 782. The quantitative estimate of drug-likeness (QED) is 0.777. The van der Waals surface area contributed by atoms with Gasteiger partial charge >= 0.3 is 0 Å². The first kappa shape index (κ1) is 19.1. The number of methoxy groups -OCH3 is 3. The molecule has 1 fully saturated rings. The smallest absolute Gasteiger partial charge is 0.253 e. The Balaban J connectivity index is 1.58. The zero-order chi connectivity index (χ0) is 19.2. The molecule has 0 bridgehead atoms. The lowest BCUT2D eigenvalue weighted by atomic mass is 9.90. The van der Waals surface area contributed by atoms with E-state index in [0.717, 1.165) is 43.9 Å². The first-order chi connectivity index (χ1) is 13.1. The third kappa shape index (κ3) is 4.54. The zero-order valence-electron chi connectivity index (χ0n) is 16.2. The van der Waals surface area contributed by atoms with Gasteiger partial charge in [0.2, 0.25) is 0 Å². The van der Waals surface area contributed by atoms with Crippen LogP contribution in [-0.2, 0) is 6.42 Å². The molecular formula is C22H27NO4. The molecule has 0 radical (unpaired) electrons. The van der Waals surface area contributed by atoms with E-state index in [2.05, 4.69) is 6.07 Å². The van der Waals surface area contributed by atoms with Crippen LogP contribution in [0.25, 0.3) is 0 Å². The van der Waals surface area contributed by atoms with Crippen LogP contribution in [0.1, 0.15) is 28.8 Å². The minimum atomic E-state index is 0.0819. The van der Waals surface area contributed by atoms with E-state index in [1.54, 1.807) is 27.4 Å². The van der Waals surface area contributed by atoms with E-state index in [4.69, 9.17) is 14.2 Å². The maximum atomic E-state index is 12.7. The van der Waals surface area contributed by atoms with Crippen molar-refractivity contribution in [1.29, 1.82) is 0 Å². The topological polar surface area (TPSA) is 48.0 Å². The molecule has 27 heavy (non-hydrogen) atoms. The maximum Gasteiger partial charge on any atom is 0.253 e. The van der Waals surface area contributed by atoms with Gasteiger partial charge in [0.05, 0.1) is 21.3 Å². The molecule has 0 N–H and O–H groups in total. The van der Waals surface area contributed by atoms with Crippen LogP contribution in [0.2, 0.25) is 0 Å². The Kier molecular flexibility index (Phi) is 6.22. The number of benzene rings is 2. The summed E-state index contributed by atoms with van der Waals surface area (Å²) in [6, 6.07) is 13.5. The summed E-state index contributed by atoms with van der Waals surface area (Å²) in [7, 11) is 4.92. The van der Waals surface area contributed by atoms with Crippen LogP contribution in [0, 0.1) is 5.92 Å². The number of nitrogens with zero attached hydrogens (tertiary/aromatic N) is 1. The molecule has 3 rings (SSSR count). The van der Waals surface area contributed by atoms with Crippen LogP contribution < -0.4 is 14.2 Å². The number of rotatable bonds is 6. The second kappa shape index (κ2) is 8.80. The Morgan fingerprint density at radius 2 is 1.70 bits per heavy atom. The van der Waals surface area contributed by atoms with Crippen LogP contribution >= 0.6 is 0 Å². The fraction of sp³-hybridized carbons (Fsp3) is 0.409. The van der Waals surface area contributed by atoms with Gasteiger partial charge in [-0.1, -0.05) is 12.1 Å². The largest absolute Gasteiger partial charge is 0.497 e. The first-order valence-corrected chi connectivity index (χ1v) is 9.29. The summed E-state index contributed by atoms with van der Waals surface area (Å²) in [4.78, 5) is 14.7. The molecule has 1 heterocycles. The monoisotopic (exact) mass is 369 g/mol. The second-order valence-electron chi connectivity index (χ2n) is 6.86. The van der Waals surface area contributed by atoms with Gasteiger partial charge in [-0.05, 0) is 61.1 Å². The molecule has 0 saturated carbocycles. The standard InChI is InChI=1S/C22H27NO4/c1-25-19-6-4-5-18(15-19)22(24)23-11-9-16(10-12-23)13-17-7-8-20(26-2)21(14-17)27-3/h4-8,14-16H,9-13H2,1-3H3. The molecule has 1 aliphatic rings. The van der Waals surface area contributed by atoms with Crippen molar-refractivity contribution in [2.45, 2.75) is 19.3 Å². The van der Waals surface area contributed by atoms with E-state index in [1.807, 2.05) is 35.2 Å². The number of hydrogen-bond donors (Lipinski definition) is 0. The molecule has 2 aromatic rings. The molecule has 0 unspecified atom stereocenters. The Morgan fingerprint density at radius 1 is 0.963 bits per heavy atom. The van der Waals surface area contributed by atoms with Crippen LogP contribution in [0.4, 0.5) is 0 Å². The molecule has 1 saturated heterocycles. The van der Waals surface area contributed by atoms with E-state index >= 15 is 0 Å². The average molecular weight is 369 g/mol. The highest BCUT2D eigenvalue weighted by Gasteiger charge is 2.24. The lowest BCUT2D eigenvalue weighted by Gasteiger charge is -2.32. The Labute approximate surface area is 160 Å². The van der Waals surface area contributed by atoms with Gasteiger partial charge < -0.3 is 19.1 Å². The average Bonchev–Trinajstić information content (AvgIpc) is 2.73. The van der Waals surface area contributed by atoms with Crippen molar-refractivity contribution >= 4 is 5.91 Å². The molecule has 1 aliphatic heterocycles. The minimum Gasteiger partial charge on any atom is -0.497 e. The highest BCUT2D eigenvalue weighted by atomic mass is 16.5. The fourth-order valence-electron chi connectivity index (χ4n) is 3.62. The van der Waals surface area contributed by atoms with Crippen molar-refractivity contribution in [1.82, 2.24) is 4.90 Å². The first-order valence-electron chi connectivity index (χ1n) is 9.29. The van der Waals surface area contributed by atoms with Gasteiger partial charge in [0.25, 0.3) is 5.91 Å². The highest BCUT2D eigenvalue weighted by molar-refractivity contribution is 5.94. The van der Waals surface area contributed by atoms with Gasteiger partial charge in [-0.2, -0.15) is 0 Å². The van der Waals surface area contributed by atoms with Gasteiger partial charge in [-0.15, -0.1) is 0 Å². The lowest BCUT2D eigenvalue weighted by molar-refractivity contribution is 0.0690. The molecular weight excluding hydrogens is 342 g/mol. The summed E-state index contributed by atoms with van der Waals surface area (Å²) in [6.07, 6.45) is 3.00. The van der Waals surface area contributed by atoms with Crippen molar-refractivity contribution in [3.05, 3.63) is 53.6 Å². The van der Waals surface area contributed by atoms with Gasteiger partial charge in [0, 0.05) is 18.7 Å². The molecule has 0 aromatic heterocycles. The van der Waals surface area contributed by atoms with Crippen molar-refractivity contribution in [2.75, 3.05) is 34.4 Å². The molecule has 1 amide bonds. The molecule has 5 heteroatoms. The van der Waals surface area contributed by atoms with Crippen molar-refractivity contribution in [3.63, 3.8) is 0 Å². The number of hydrogen-bond acceptors (Lipinski definition) is 4. The summed E-state index contributed by atoms with van der Waals surface area (Å²) in [6.45, 7) is 1.57. The van der Waals surface area contributed by atoms with Gasteiger partial charge in [-0.3, -0.25) is 4.79 Å². The number of carbonyl (C=O) groups excluding carboxylic acids is 1. The lowest BCUT2D eigenvalue weighted by Crippen LogP contribution is -2.38. The van der Waals surface area contributed by atoms with Crippen LogP contribution in [0.5, 0.6) is 17.2 Å².